The number of carbonyl (C=O) groups excluding carboxylic acids is 1. The van der Waals surface area contributed by atoms with E-state index in [0.717, 1.165) is 19.5 Å². The maximum absolute atomic E-state index is 15.5. The molecule has 0 atom stereocenters. The first kappa shape index (κ1) is 32.5. The number of ether oxygens (including phenoxy) is 3. The molecule has 4 aromatic rings. The minimum absolute atomic E-state index is 0.181. The van der Waals surface area contributed by atoms with Crippen molar-refractivity contribution in [3.05, 3.63) is 101 Å². The Labute approximate surface area is 263 Å². The first-order valence-electron chi connectivity index (χ1n) is 14.0. The summed E-state index contributed by atoms with van der Waals surface area (Å²) < 4.78 is 89.4. The highest BCUT2D eigenvalue weighted by molar-refractivity contribution is 7.92. The second kappa shape index (κ2) is 14.0. The molecule has 1 amide bonds. The van der Waals surface area contributed by atoms with E-state index in [1.807, 2.05) is 0 Å². The van der Waals surface area contributed by atoms with E-state index in [1.165, 1.54) is 50.9 Å². The second-order valence-electron chi connectivity index (χ2n) is 10.2. The summed E-state index contributed by atoms with van der Waals surface area (Å²) in [6.45, 7) is 1.36. The molecule has 2 heterocycles. The number of halogens is 3. The average molecular weight is 658 g/mol. The Bertz CT molecular complexity index is 1800. The lowest BCUT2D eigenvalue weighted by atomic mass is 10.1. The van der Waals surface area contributed by atoms with E-state index in [-0.39, 0.29) is 17.3 Å². The lowest BCUT2D eigenvalue weighted by Gasteiger charge is -2.31. The van der Waals surface area contributed by atoms with Crippen LogP contribution in [0.1, 0.15) is 23.1 Å². The number of benzene rings is 3. The normalized spacial score (nSPS) is 13.1. The van der Waals surface area contributed by atoms with Gasteiger partial charge in [-0.3, -0.25) is 10.2 Å². The Kier molecular flexibility index (Phi) is 9.92. The third-order valence-electron chi connectivity index (χ3n) is 7.28. The molecule has 0 spiro atoms. The van der Waals surface area contributed by atoms with Crippen LogP contribution in [0.25, 0.3) is 0 Å². The molecule has 46 heavy (non-hydrogen) atoms. The van der Waals surface area contributed by atoms with Gasteiger partial charge in [0.1, 0.15) is 35.6 Å². The minimum atomic E-state index is -4.98. The van der Waals surface area contributed by atoms with Crippen LogP contribution in [0.2, 0.25) is 0 Å². The molecule has 0 bridgehead atoms. The van der Waals surface area contributed by atoms with Gasteiger partial charge in [0.15, 0.2) is 4.90 Å². The van der Waals surface area contributed by atoms with Gasteiger partial charge >= 0.3 is 6.09 Å². The van der Waals surface area contributed by atoms with Crippen LogP contribution >= 0.6 is 0 Å². The van der Waals surface area contributed by atoms with Crippen molar-refractivity contribution in [2.45, 2.75) is 31.0 Å². The van der Waals surface area contributed by atoms with Crippen molar-refractivity contribution in [1.82, 2.24) is 14.9 Å². The molecule has 5 rings (SSSR count). The topological polar surface area (TPSA) is 123 Å². The molecule has 15 heteroatoms. The van der Waals surface area contributed by atoms with E-state index in [1.54, 1.807) is 18.2 Å². The highest BCUT2D eigenvalue weighted by Crippen LogP contribution is 2.32. The molecular formula is C31H30F3N5O6S. The lowest BCUT2D eigenvalue weighted by molar-refractivity contribution is 0.150. The van der Waals surface area contributed by atoms with Crippen molar-refractivity contribution >= 4 is 27.8 Å². The zero-order chi connectivity index (χ0) is 32.8. The van der Waals surface area contributed by atoms with Gasteiger partial charge in [-0.2, -0.15) is 0 Å². The Morgan fingerprint density at radius 1 is 0.935 bits per heavy atom. The maximum Gasteiger partial charge on any atom is 0.411 e. The van der Waals surface area contributed by atoms with E-state index in [9.17, 15) is 17.6 Å². The number of anilines is 2. The molecule has 242 valence electrons. The van der Waals surface area contributed by atoms with Gasteiger partial charge in [0.05, 0.1) is 20.8 Å². The number of carbonyl (C=O) groups is 1. The minimum Gasteiger partial charge on any atom is -0.497 e. The van der Waals surface area contributed by atoms with Crippen molar-refractivity contribution in [2.75, 3.05) is 36.9 Å². The van der Waals surface area contributed by atoms with Gasteiger partial charge in [0.2, 0.25) is 5.95 Å². The van der Waals surface area contributed by atoms with E-state index in [4.69, 9.17) is 14.2 Å². The largest absolute Gasteiger partial charge is 0.497 e. The van der Waals surface area contributed by atoms with Gasteiger partial charge in [-0.05, 0) is 61.5 Å². The number of rotatable bonds is 12. The summed E-state index contributed by atoms with van der Waals surface area (Å²) in [7, 11) is -2.17. The van der Waals surface area contributed by atoms with Crippen molar-refractivity contribution in [2.24, 2.45) is 0 Å². The van der Waals surface area contributed by atoms with Gasteiger partial charge in [-0.15, -0.1) is 0 Å². The number of aromatic nitrogens is 2. The van der Waals surface area contributed by atoms with Gasteiger partial charge in [0.25, 0.3) is 10.0 Å². The summed E-state index contributed by atoms with van der Waals surface area (Å²) in [6, 6.07) is 11.9. The van der Waals surface area contributed by atoms with Crippen molar-refractivity contribution < 1.29 is 40.6 Å². The van der Waals surface area contributed by atoms with E-state index < -0.39 is 57.3 Å². The molecule has 1 aliphatic rings. The SMILES string of the molecule is COc1ccc(CN(c2ncccn2)S(=O)(=O)c2c(F)cc(NC(=O)OCc3c(F)cccc3CN3CCC3)cc2F)c(OC)c1. The summed E-state index contributed by atoms with van der Waals surface area (Å²) >= 11 is 0. The highest BCUT2D eigenvalue weighted by Gasteiger charge is 2.34. The van der Waals surface area contributed by atoms with Gasteiger partial charge in [-0.25, -0.2) is 40.7 Å². The van der Waals surface area contributed by atoms with E-state index in [2.05, 4.69) is 20.2 Å². The average Bonchev–Trinajstić information content (AvgIpc) is 3.01. The zero-order valence-corrected chi connectivity index (χ0v) is 25.7. The molecule has 0 saturated carbocycles. The number of likely N-dealkylation sites (tertiary alicyclic amines) is 1. The second-order valence-corrected chi connectivity index (χ2v) is 12.0. The number of sulfonamides is 1. The predicted octanol–water partition coefficient (Wildman–Crippen LogP) is 5.26. The van der Waals surface area contributed by atoms with Crippen LogP contribution in [0.5, 0.6) is 11.5 Å². The molecule has 3 aromatic carbocycles. The van der Waals surface area contributed by atoms with Gasteiger partial charge < -0.3 is 14.2 Å². The fourth-order valence-electron chi connectivity index (χ4n) is 4.79. The maximum atomic E-state index is 15.5. The number of hydrogen-bond donors (Lipinski definition) is 1. The molecule has 1 aromatic heterocycles. The van der Waals surface area contributed by atoms with E-state index >= 15 is 8.78 Å². The van der Waals surface area contributed by atoms with Crippen LogP contribution in [-0.2, 0) is 34.5 Å². The number of nitrogens with one attached hydrogen (secondary N) is 1. The van der Waals surface area contributed by atoms with Crippen LogP contribution in [-0.4, -0.2) is 56.7 Å². The monoisotopic (exact) mass is 657 g/mol. The molecule has 1 aliphatic heterocycles. The van der Waals surface area contributed by atoms with Crippen LogP contribution < -0.4 is 19.1 Å². The first-order chi connectivity index (χ1) is 22.1. The summed E-state index contributed by atoms with van der Waals surface area (Å²) in [4.78, 5) is 21.3. The number of methoxy groups -OCH3 is 2. The Balaban J connectivity index is 1.37. The van der Waals surface area contributed by atoms with Crippen LogP contribution in [0.3, 0.4) is 0 Å². The summed E-state index contributed by atoms with van der Waals surface area (Å²) in [5.74, 6) is -3.22. The number of nitrogens with zero attached hydrogens (tertiary/aromatic N) is 4. The van der Waals surface area contributed by atoms with Crippen molar-refractivity contribution in [3.8, 4) is 11.5 Å². The quantitative estimate of drug-likeness (QED) is 0.217. The van der Waals surface area contributed by atoms with Crippen LogP contribution in [0, 0.1) is 17.5 Å². The van der Waals surface area contributed by atoms with Gasteiger partial charge in [-0.1, -0.05) is 12.1 Å². The Hall–Kier alpha value is -4.89. The third kappa shape index (κ3) is 7.15. The molecule has 1 saturated heterocycles. The highest BCUT2D eigenvalue weighted by atomic mass is 32.2. The Morgan fingerprint density at radius 3 is 2.28 bits per heavy atom. The molecule has 0 aliphatic carbocycles. The van der Waals surface area contributed by atoms with Crippen molar-refractivity contribution in [1.29, 1.82) is 0 Å². The number of amides is 1. The predicted molar refractivity (Wildman–Crippen MR) is 161 cm³/mol. The smallest absolute Gasteiger partial charge is 0.411 e. The molecular weight excluding hydrogens is 627 g/mol. The fraction of sp³-hybridized carbons (Fsp3) is 0.258. The first-order valence-corrected chi connectivity index (χ1v) is 15.5. The molecule has 11 nitrogen and oxygen atoms in total. The Morgan fingerprint density at radius 2 is 1.65 bits per heavy atom. The molecule has 0 radical (unpaired) electrons. The van der Waals surface area contributed by atoms with Crippen LogP contribution in [0.4, 0.5) is 29.6 Å². The standard InChI is InChI=1S/C31H30F3N5O6S/c1-43-23-9-8-21(28(16-23)44-2)18-39(30-35-10-4-11-36-30)46(41,42)29-26(33)14-22(15-27(29)34)37-31(40)45-19-24-20(6-3-7-25(24)32)17-38-12-5-13-38/h3-4,6-11,14-16H,5,12-13,17-19H2,1-2H3,(H,37,40). The number of hydrogen-bond acceptors (Lipinski definition) is 9. The fourth-order valence-corrected chi connectivity index (χ4v) is 6.24. The summed E-state index contributed by atoms with van der Waals surface area (Å²) in [6.07, 6.45) is 2.47. The molecule has 1 fully saturated rings. The van der Waals surface area contributed by atoms with E-state index in [0.29, 0.717) is 39.9 Å². The summed E-state index contributed by atoms with van der Waals surface area (Å²) in [5.41, 5.74) is 0.732. The van der Waals surface area contributed by atoms with Gasteiger partial charge in [0, 0.05) is 41.8 Å². The van der Waals surface area contributed by atoms with Crippen LogP contribution in [0.15, 0.2) is 71.9 Å². The van der Waals surface area contributed by atoms with Crippen molar-refractivity contribution in [3.63, 3.8) is 0 Å². The molecule has 0 unspecified atom stereocenters. The lowest BCUT2D eigenvalue weighted by Crippen LogP contribution is -2.36. The summed E-state index contributed by atoms with van der Waals surface area (Å²) in [5, 5.41) is 2.17. The zero-order valence-electron chi connectivity index (χ0n) is 24.9. The molecule has 1 N–H and O–H groups in total. The third-order valence-corrected chi connectivity index (χ3v) is 9.06.